The van der Waals surface area contributed by atoms with Gasteiger partial charge in [-0.05, 0) is 73.7 Å². The summed E-state index contributed by atoms with van der Waals surface area (Å²) in [4.78, 5) is 61.3. The molecule has 1 atom stereocenters. The molecule has 0 unspecified atom stereocenters. The molecule has 0 radical (unpaired) electrons. The van der Waals surface area contributed by atoms with E-state index in [1.54, 1.807) is 0 Å². The van der Waals surface area contributed by atoms with Gasteiger partial charge >= 0.3 is 11.7 Å². The molecule has 1 amide bonds. The number of hydrogen-bond donors (Lipinski definition) is 2. The Kier molecular flexibility index (Phi) is 10.5. The summed E-state index contributed by atoms with van der Waals surface area (Å²) >= 11 is 0. The van der Waals surface area contributed by atoms with Gasteiger partial charge in [0.05, 0.1) is 33.2 Å². The minimum atomic E-state index is -4.39. The van der Waals surface area contributed by atoms with Gasteiger partial charge in [0.15, 0.2) is 0 Å². The van der Waals surface area contributed by atoms with Crippen LogP contribution in [0.5, 0.6) is 0 Å². The van der Waals surface area contributed by atoms with E-state index in [1.165, 1.54) is 89.9 Å². The molecule has 1 aliphatic carbocycles. The van der Waals surface area contributed by atoms with Crippen molar-refractivity contribution in [2.75, 3.05) is 4.72 Å². The maximum Gasteiger partial charge on any atom is 0.337 e. The van der Waals surface area contributed by atoms with Crippen LogP contribution in [0.15, 0.2) is 100 Å². The third-order valence-electron chi connectivity index (χ3n) is 9.39. The molecule has 4 heterocycles. The second-order valence-corrected chi connectivity index (χ2v) is 14.8. The zero-order valence-electron chi connectivity index (χ0n) is 29.6. The SMILES string of the molecule is Cn1c(=O)n(-c2ccc(C[C@H](NC(=O)c3cc(F)c(NS(=O)(=O)c4ccc(-n5cnnc5)cc4)cc3F)C(=O)OC3CCCCC3)cn2)c(=O)c2ccncc21. The van der Waals surface area contributed by atoms with E-state index in [4.69, 9.17) is 4.74 Å². The number of nitrogens with zero attached hydrogens (tertiary/aromatic N) is 7. The Morgan fingerprint density at radius 1 is 0.946 bits per heavy atom. The molecule has 2 N–H and O–H groups in total. The van der Waals surface area contributed by atoms with Crippen LogP contribution in [-0.4, -0.2) is 66.3 Å². The van der Waals surface area contributed by atoms with Crippen molar-refractivity contribution in [3.63, 3.8) is 0 Å². The first-order valence-corrected chi connectivity index (χ1v) is 18.9. The molecular weight excluding hydrogens is 753 g/mol. The van der Waals surface area contributed by atoms with Gasteiger partial charge in [0.25, 0.3) is 21.5 Å². The Balaban J connectivity index is 1.11. The second-order valence-electron chi connectivity index (χ2n) is 13.1. The number of halogens is 2. The summed E-state index contributed by atoms with van der Waals surface area (Å²) in [6.07, 6.45) is 10.3. The topological polar surface area (TPSA) is 202 Å². The summed E-state index contributed by atoms with van der Waals surface area (Å²) in [6, 6.07) is 9.48. The fourth-order valence-electron chi connectivity index (χ4n) is 6.39. The minimum Gasteiger partial charge on any atom is -0.461 e. The zero-order valence-corrected chi connectivity index (χ0v) is 30.4. The predicted octanol–water partition coefficient (Wildman–Crippen LogP) is 3.36. The molecule has 2 aromatic carbocycles. The van der Waals surface area contributed by atoms with Crippen LogP contribution in [-0.2, 0) is 33.0 Å². The number of ether oxygens (including phenoxy) is 1. The fourth-order valence-corrected chi connectivity index (χ4v) is 7.45. The summed E-state index contributed by atoms with van der Waals surface area (Å²) < 4.78 is 68.3. The number of sulfonamides is 1. The monoisotopic (exact) mass is 785 g/mol. The predicted molar refractivity (Wildman–Crippen MR) is 197 cm³/mol. The van der Waals surface area contributed by atoms with E-state index < -0.39 is 68.2 Å². The van der Waals surface area contributed by atoms with Crippen molar-refractivity contribution in [2.24, 2.45) is 7.05 Å². The maximum absolute atomic E-state index is 15.5. The van der Waals surface area contributed by atoms with Crippen LogP contribution < -0.4 is 21.3 Å². The number of carbonyl (C=O) groups is 2. The Morgan fingerprint density at radius 2 is 1.68 bits per heavy atom. The van der Waals surface area contributed by atoms with Crippen molar-refractivity contribution >= 4 is 38.5 Å². The lowest BCUT2D eigenvalue weighted by Gasteiger charge is -2.25. The second kappa shape index (κ2) is 15.6. The van der Waals surface area contributed by atoms with Crippen LogP contribution >= 0.6 is 0 Å². The highest BCUT2D eigenvalue weighted by Gasteiger charge is 2.29. The molecule has 0 aliphatic heterocycles. The number of anilines is 1. The van der Waals surface area contributed by atoms with Crippen LogP contribution in [0.1, 0.15) is 48.0 Å². The molecular formula is C37H33F2N9O7S. The van der Waals surface area contributed by atoms with E-state index in [-0.39, 0.29) is 22.5 Å². The first-order chi connectivity index (χ1) is 26.9. The number of carbonyl (C=O) groups excluding carboxylic acids is 2. The molecule has 0 spiro atoms. The first-order valence-electron chi connectivity index (χ1n) is 17.4. The lowest BCUT2D eigenvalue weighted by Crippen LogP contribution is -2.45. The van der Waals surface area contributed by atoms with Gasteiger partial charge in [-0.15, -0.1) is 10.2 Å². The van der Waals surface area contributed by atoms with Crippen LogP contribution in [0.3, 0.4) is 0 Å². The van der Waals surface area contributed by atoms with Crippen molar-refractivity contribution in [2.45, 2.75) is 55.6 Å². The Morgan fingerprint density at radius 3 is 2.38 bits per heavy atom. The molecule has 16 nitrogen and oxygen atoms in total. The summed E-state index contributed by atoms with van der Waals surface area (Å²) in [5, 5.41) is 10.0. The van der Waals surface area contributed by atoms with E-state index in [9.17, 15) is 27.6 Å². The number of hydrogen-bond acceptors (Lipinski definition) is 11. The number of nitrogens with one attached hydrogen (secondary N) is 2. The Labute approximate surface area is 316 Å². The summed E-state index contributed by atoms with van der Waals surface area (Å²) in [5.41, 5.74) is -1.56. The molecule has 1 fully saturated rings. The summed E-state index contributed by atoms with van der Waals surface area (Å²) in [6.45, 7) is 0. The van der Waals surface area contributed by atoms with Gasteiger partial charge in [-0.3, -0.25) is 28.4 Å². The Bertz CT molecular complexity index is 2660. The molecule has 0 saturated heterocycles. The van der Waals surface area contributed by atoms with Gasteiger partial charge in [-0.1, -0.05) is 12.5 Å². The van der Waals surface area contributed by atoms with Gasteiger partial charge in [-0.25, -0.2) is 36.3 Å². The van der Waals surface area contributed by atoms with Gasteiger partial charge in [-0.2, -0.15) is 0 Å². The van der Waals surface area contributed by atoms with Gasteiger partial charge in [0.1, 0.15) is 42.3 Å². The van der Waals surface area contributed by atoms with Gasteiger partial charge < -0.3 is 10.1 Å². The quantitative estimate of drug-likeness (QED) is 0.183. The van der Waals surface area contributed by atoms with Crippen molar-refractivity contribution < 1.29 is 31.5 Å². The number of benzene rings is 2. The molecule has 6 aromatic rings. The normalized spacial score (nSPS) is 14.0. The summed E-state index contributed by atoms with van der Waals surface area (Å²) in [5.74, 6) is -4.51. The molecule has 288 valence electrons. The average Bonchev–Trinajstić information content (AvgIpc) is 3.74. The van der Waals surface area contributed by atoms with Crippen LogP contribution in [0, 0.1) is 11.6 Å². The standard InChI is InChI=1S/C37H33F2N9O7S/c1-46-32-19-40-14-13-26(32)35(50)48(37(46)52)33-12-7-22(18-41-33)15-31(36(51)55-24-5-3-2-4-6-24)44-34(49)27-16-29(39)30(17-28(27)38)45-56(53,54)25-10-8-23(9-11-25)47-20-42-43-21-47/h7-14,16-21,24,31,45H,2-6,15H2,1H3,(H,44,49)/t31-/m0/s1. The highest BCUT2D eigenvalue weighted by molar-refractivity contribution is 7.92. The number of amides is 1. The fraction of sp³-hybridized carbons (Fsp3) is 0.243. The third-order valence-corrected chi connectivity index (χ3v) is 10.8. The molecule has 1 saturated carbocycles. The zero-order chi connectivity index (χ0) is 39.6. The smallest absolute Gasteiger partial charge is 0.337 e. The lowest BCUT2D eigenvalue weighted by atomic mass is 9.97. The van der Waals surface area contributed by atoms with Crippen LogP contribution in [0.4, 0.5) is 14.5 Å². The van der Waals surface area contributed by atoms with Crippen LogP contribution in [0.2, 0.25) is 0 Å². The number of aromatic nitrogens is 7. The highest BCUT2D eigenvalue weighted by atomic mass is 32.2. The van der Waals surface area contributed by atoms with Crippen molar-refractivity contribution in [3.05, 3.63) is 129 Å². The van der Waals surface area contributed by atoms with Crippen molar-refractivity contribution in [1.29, 1.82) is 0 Å². The largest absolute Gasteiger partial charge is 0.461 e. The minimum absolute atomic E-state index is 0.000683. The van der Waals surface area contributed by atoms with E-state index in [2.05, 4.69) is 25.5 Å². The van der Waals surface area contributed by atoms with E-state index in [0.717, 1.165) is 23.8 Å². The lowest BCUT2D eigenvalue weighted by molar-refractivity contribution is -0.152. The average molecular weight is 786 g/mol. The third kappa shape index (κ3) is 7.79. The molecule has 4 aromatic heterocycles. The van der Waals surface area contributed by atoms with E-state index in [1.807, 2.05) is 4.72 Å². The Hall–Kier alpha value is -6.63. The van der Waals surface area contributed by atoms with Gasteiger partial charge in [0.2, 0.25) is 0 Å². The van der Waals surface area contributed by atoms with Gasteiger partial charge in [0, 0.05) is 37.6 Å². The van der Waals surface area contributed by atoms with E-state index >= 15 is 8.78 Å². The molecule has 56 heavy (non-hydrogen) atoms. The van der Waals surface area contributed by atoms with Crippen molar-refractivity contribution in [1.82, 2.24) is 39.2 Å². The number of esters is 1. The van der Waals surface area contributed by atoms with E-state index in [0.29, 0.717) is 41.7 Å². The number of aryl methyl sites for hydroxylation is 1. The number of rotatable bonds is 11. The molecule has 7 rings (SSSR count). The molecule has 0 bridgehead atoms. The molecule has 1 aliphatic rings. The first kappa shape index (κ1) is 37.7. The summed E-state index contributed by atoms with van der Waals surface area (Å²) in [7, 11) is -2.90. The number of pyridine rings is 2. The highest BCUT2D eigenvalue weighted by Crippen LogP contribution is 2.25. The van der Waals surface area contributed by atoms with Crippen molar-refractivity contribution in [3.8, 4) is 11.5 Å². The maximum atomic E-state index is 15.5. The number of fused-ring (bicyclic) bond motifs is 1. The van der Waals surface area contributed by atoms with Crippen LogP contribution in [0.25, 0.3) is 22.4 Å². The molecule has 19 heteroatoms.